The second-order valence-corrected chi connectivity index (χ2v) is 6.25. The van der Waals surface area contributed by atoms with E-state index in [-0.39, 0.29) is 11.9 Å². The number of rotatable bonds is 6. The van der Waals surface area contributed by atoms with Gasteiger partial charge in [0, 0.05) is 11.6 Å². The molecule has 0 aliphatic carbocycles. The minimum Gasteiger partial charge on any atom is -0.493 e. The summed E-state index contributed by atoms with van der Waals surface area (Å²) in [5, 5.41) is 5.34. The van der Waals surface area contributed by atoms with Gasteiger partial charge in [-0.2, -0.15) is 0 Å². The Morgan fingerprint density at radius 2 is 1.74 bits per heavy atom. The van der Waals surface area contributed by atoms with Crippen molar-refractivity contribution >= 4 is 22.8 Å². The fraction of sp³-hybridized carbons (Fsp3) is 0.174. The maximum Gasteiger partial charge on any atom is 0.244 e. The Kier molecular flexibility index (Phi) is 5.77. The topological polar surface area (TPSA) is 47.6 Å². The van der Waals surface area contributed by atoms with Crippen molar-refractivity contribution in [2.75, 3.05) is 14.2 Å². The van der Waals surface area contributed by atoms with E-state index < -0.39 is 0 Å². The van der Waals surface area contributed by atoms with Gasteiger partial charge >= 0.3 is 0 Å². The van der Waals surface area contributed by atoms with E-state index >= 15 is 0 Å². The molecule has 1 N–H and O–H groups in total. The van der Waals surface area contributed by atoms with E-state index in [4.69, 9.17) is 9.47 Å². The Morgan fingerprint density at radius 1 is 0.963 bits per heavy atom. The van der Waals surface area contributed by atoms with Gasteiger partial charge in [0.25, 0.3) is 0 Å². The van der Waals surface area contributed by atoms with E-state index in [2.05, 4.69) is 29.6 Å². The third kappa shape index (κ3) is 4.29. The number of methoxy groups -OCH3 is 2. The first-order valence-electron chi connectivity index (χ1n) is 8.80. The number of nitrogens with one attached hydrogen (secondary N) is 1. The molecule has 0 radical (unpaired) electrons. The first-order chi connectivity index (χ1) is 13.1. The third-order valence-electron chi connectivity index (χ3n) is 4.48. The van der Waals surface area contributed by atoms with Crippen molar-refractivity contribution in [3.63, 3.8) is 0 Å². The monoisotopic (exact) mass is 361 g/mol. The molecule has 27 heavy (non-hydrogen) atoms. The zero-order valence-electron chi connectivity index (χ0n) is 15.7. The molecule has 0 spiro atoms. The zero-order chi connectivity index (χ0) is 19.2. The molecule has 0 saturated heterocycles. The summed E-state index contributed by atoms with van der Waals surface area (Å²) >= 11 is 0. The van der Waals surface area contributed by atoms with Gasteiger partial charge in [-0.05, 0) is 41.5 Å². The van der Waals surface area contributed by atoms with Crippen LogP contribution in [0.25, 0.3) is 16.8 Å². The smallest absolute Gasteiger partial charge is 0.244 e. The number of benzene rings is 3. The van der Waals surface area contributed by atoms with Crippen LogP contribution in [0, 0.1) is 0 Å². The van der Waals surface area contributed by atoms with Crippen molar-refractivity contribution < 1.29 is 14.3 Å². The van der Waals surface area contributed by atoms with Crippen LogP contribution in [0.15, 0.2) is 66.7 Å². The number of ether oxygens (including phenoxy) is 2. The van der Waals surface area contributed by atoms with Crippen LogP contribution in [0.3, 0.4) is 0 Å². The van der Waals surface area contributed by atoms with Gasteiger partial charge in [0.05, 0.1) is 20.3 Å². The van der Waals surface area contributed by atoms with Crippen molar-refractivity contribution in [2.24, 2.45) is 0 Å². The Bertz CT molecular complexity index is 978. The average Bonchev–Trinajstić information content (AvgIpc) is 2.71. The van der Waals surface area contributed by atoms with E-state index in [1.807, 2.05) is 43.3 Å². The summed E-state index contributed by atoms with van der Waals surface area (Å²) in [6.07, 6.45) is 3.23. The number of amides is 1. The lowest BCUT2D eigenvalue weighted by Gasteiger charge is -2.14. The molecule has 1 atom stereocenters. The Balaban J connectivity index is 1.72. The normalized spacial score (nSPS) is 12.1. The van der Waals surface area contributed by atoms with Crippen LogP contribution < -0.4 is 14.8 Å². The van der Waals surface area contributed by atoms with E-state index in [0.29, 0.717) is 11.5 Å². The fourth-order valence-electron chi connectivity index (χ4n) is 3.03. The van der Waals surface area contributed by atoms with Crippen molar-refractivity contribution in [1.82, 2.24) is 5.32 Å². The molecular weight excluding hydrogens is 338 g/mol. The summed E-state index contributed by atoms with van der Waals surface area (Å²) in [6.45, 7) is 1.97. The summed E-state index contributed by atoms with van der Waals surface area (Å²) in [6, 6.07) is 19.9. The average molecular weight is 361 g/mol. The highest BCUT2D eigenvalue weighted by Crippen LogP contribution is 2.31. The molecule has 1 unspecified atom stereocenters. The fourth-order valence-corrected chi connectivity index (χ4v) is 3.03. The second-order valence-electron chi connectivity index (χ2n) is 6.25. The van der Waals surface area contributed by atoms with Gasteiger partial charge in [-0.1, -0.05) is 48.5 Å². The maximum absolute atomic E-state index is 12.3. The molecule has 0 aliphatic heterocycles. The van der Waals surface area contributed by atoms with E-state index in [1.165, 1.54) is 11.5 Å². The summed E-state index contributed by atoms with van der Waals surface area (Å²) in [5.41, 5.74) is 1.85. The second kappa shape index (κ2) is 8.41. The quantitative estimate of drug-likeness (QED) is 0.645. The molecular formula is C23H23NO3. The van der Waals surface area contributed by atoms with Gasteiger partial charge in [-0.25, -0.2) is 0 Å². The highest BCUT2D eigenvalue weighted by Gasteiger charge is 2.10. The van der Waals surface area contributed by atoms with Crippen LogP contribution in [0.1, 0.15) is 24.1 Å². The van der Waals surface area contributed by atoms with Gasteiger partial charge in [-0.15, -0.1) is 0 Å². The van der Waals surface area contributed by atoms with E-state index in [1.54, 1.807) is 20.3 Å². The summed E-state index contributed by atoms with van der Waals surface area (Å²) in [4.78, 5) is 12.3. The van der Waals surface area contributed by atoms with Crippen molar-refractivity contribution in [3.8, 4) is 11.5 Å². The molecule has 3 aromatic rings. The molecule has 4 heteroatoms. The van der Waals surface area contributed by atoms with Gasteiger partial charge in [0.15, 0.2) is 11.5 Å². The molecule has 0 heterocycles. The van der Waals surface area contributed by atoms with Crippen molar-refractivity contribution in [1.29, 1.82) is 0 Å². The number of hydrogen-bond donors (Lipinski definition) is 1. The summed E-state index contributed by atoms with van der Waals surface area (Å²) < 4.78 is 10.7. The van der Waals surface area contributed by atoms with Gasteiger partial charge in [0.1, 0.15) is 0 Å². The van der Waals surface area contributed by atoms with Crippen molar-refractivity contribution in [2.45, 2.75) is 13.0 Å². The minimum absolute atomic E-state index is 0.0982. The first-order valence-corrected chi connectivity index (χ1v) is 8.80. The van der Waals surface area contributed by atoms with Crippen LogP contribution in [0.4, 0.5) is 0 Å². The first kappa shape index (κ1) is 18.5. The molecule has 0 bridgehead atoms. The highest BCUT2D eigenvalue weighted by molar-refractivity contribution is 5.92. The largest absolute Gasteiger partial charge is 0.493 e. The lowest BCUT2D eigenvalue weighted by Crippen LogP contribution is -2.24. The third-order valence-corrected chi connectivity index (χ3v) is 4.48. The highest BCUT2D eigenvalue weighted by atomic mass is 16.5. The van der Waals surface area contributed by atoms with E-state index in [0.717, 1.165) is 16.5 Å². The van der Waals surface area contributed by atoms with E-state index in [9.17, 15) is 4.79 Å². The Hall–Kier alpha value is -3.27. The molecule has 0 fully saturated rings. The summed E-state index contributed by atoms with van der Waals surface area (Å²) in [5.74, 6) is 1.07. The van der Waals surface area contributed by atoms with Gasteiger partial charge in [0.2, 0.25) is 5.91 Å². The number of fused-ring (bicyclic) bond motifs is 1. The number of carbonyl (C=O) groups is 1. The molecule has 138 valence electrons. The lowest BCUT2D eigenvalue weighted by atomic mass is 10.0. The van der Waals surface area contributed by atoms with Crippen LogP contribution in [0.5, 0.6) is 11.5 Å². The van der Waals surface area contributed by atoms with Crippen LogP contribution in [0.2, 0.25) is 0 Å². The molecule has 3 aromatic carbocycles. The molecule has 0 saturated carbocycles. The predicted molar refractivity (Wildman–Crippen MR) is 109 cm³/mol. The van der Waals surface area contributed by atoms with Crippen LogP contribution >= 0.6 is 0 Å². The number of hydrogen-bond acceptors (Lipinski definition) is 3. The Morgan fingerprint density at radius 3 is 2.48 bits per heavy atom. The maximum atomic E-state index is 12.3. The molecule has 0 aliphatic rings. The van der Waals surface area contributed by atoms with Gasteiger partial charge in [-0.3, -0.25) is 4.79 Å². The molecule has 0 aromatic heterocycles. The SMILES string of the molecule is COc1cccc(/C=C/C(=O)NC(C)c2ccc3ccccc3c2)c1OC. The number of carbonyl (C=O) groups excluding carboxylic acids is 1. The Labute approximate surface area is 159 Å². The predicted octanol–water partition coefficient (Wildman–Crippen LogP) is 4.75. The zero-order valence-corrected chi connectivity index (χ0v) is 15.7. The van der Waals surface area contributed by atoms with Crippen LogP contribution in [-0.4, -0.2) is 20.1 Å². The molecule has 1 amide bonds. The minimum atomic E-state index is -0.166. The molecule has 3 rings (SSSR count). The summed E-state index contributed by atoms with van der Waals surface area (Å²) in [7, 11) is 3.17. The van der Waals surface area contributed by atoms with Gasteiger partial charge < -0.3 is 14.8 Å². The molecule has 4 nitrogen and oxygen atoms in total. The number of para-hydroxylation sites is 1. The van der Waals surface area contributed by atoms with Crippen LogP contribution in [-0.2, 0) is 4.79 Å². The van der Waals surface area contributed by atoms with Crippen molar-refractivity contribution in [3.05, 3.63) is 77.9 Å². The lowest BCUT2D eigenvalue weighted by molar-refractivity contribution is -0.117. The standard InChI is InChI=1S/C23H23NO3/c1-16(19-12-11-17-7-4-5-8-20(17)15-19)24-22(25)14-13-18-9-6-10-21(26-2)23(18)27-3/h4-16H,1-3H3,(H,24,25)/b14-13+.